The van der Waals surface area contributed by atoms with Gasteiger partial charge in [0.1, 0.15) is 6.73 Å². The van der Waals surface area contributed by atoms with E-state index >= 15 is 0 Å². The maximum Gasteiger partial charge on any atom is 0.358 e. The molecule has 0 unspecified atom stereocenters. The van der Waals surface area contributed by atoms with Crippen LogP contribution in [0.5, 0.6) is 0 Å². The standard InChI is InChI=1S/C42H60N8O4S2Si/c1-9-54-39(51)36-37(32-27-43-50(31(32)3)28-42(22-17-23-52-5)20-15-11-10-12-16-21-42)56-40(44-36)48(4)35-26-30(2)38(47-46-35)45-41-49(29-53-24-25-57(6,7)8)33-18-13-14-19-34(33)55-41/h13-14,18-19,26-27H,9-12,15-17,20-25,28-29H2,1-8H3/b45-41-. The van der Waals surface area contributed by atoms with Gasteiger partial charge in [0.2, 0.25) is 0 Å². The van der Waals surface area contributed by atoms with Crippen molar-refractivity contribution < 1.29 is 19.0 Å². The van der Waals surface area contributed by atoms with Crippen molar-refractivity contribution in [2.75, 3.05) is 38.9 Å². The predicted octanol–water partition coefficient (Wildman–Crippen LogP) is 10.1. The van der Waals surface area contributed by atoms with Crippen LogP contribution >= 0.6 is 22.7 Å². The van der Waals surface area contributed by atoms with E-state index in [9.17, 15) is 4.79 Å². The highest BCUT2D eigenvalue weighted by atomic mass is 32.1. The van der Waals surface area contributed by atoms with Crippen molar-refractivity contribution in [1.82, 2.24) is 29.5 Å². The third-order valence-corrected chi connectivity index (χ3v) is 14.9. The number of carbonyl (C=O) groups excluding carboxylic acids is 1. The molecule has 1 fully saturated rings. The summed E-state index contributed by atoms with van der Waals surface area (Å²) in [6.07, 6.45) is 12.8. The first-order chi connectivity index (χ1) is 27.4. The van der Waals surface area contributed by atoms with E-state index in [-0.39, 0.29) is 17.7 Å². The second-order valence-corrected chi connectivity index (χ2v) is 24.2. The van der Waals surface area contributed by atoms with Gasteiger partial charge in [-0.15, -0.1) is 10.2 Å². The first kappa shape index (κ1) is 42.8. The second kappa shape index (κ2) is 19.3. The molecule has 12 nitrogen and oxygen atoms in total. The van der Waals surface area contributed by atoms with Gasteiger partial charge in [-0.3, -0.25) is 9.25 Å². The van der Waals surface area contributed by atoms with Crippen LogP contribution in [-0.2, 0) is 27.5 Å². The molecule has 0 spiro atoms. The first-order valence-corrected chi connectivity index (χ1v) is 25.7. The second-order valence-electron chi connectivity index (χ2n) is 16.6. The van der Waals surface area contributed by atoms with Crippen LogP contribution in [0.2, 0.25) is 25.7 Å². The number of nitrogens with zero attached hydrogens (tertiary/aromatic N) is 8. The third-order valence-electron chi connectivity index (χ3n) is 11.0. The molecule has 1 saturated carbocycles. The number of aryl methyl sites for hydroxylation is 1. The minimum atomic E-state index is -1.21. The molecule has 0 bridgehead atoms. The molecule has 1 aromatic carbocycles. The predicted molar refractivity (Wildman–Crippen MR) is 234 cm³/mol. The number of benzene rings is 1. The van der Waals surface area contributed by atoms with E-state index in [2.05, 4.69) is 58.1 Å². The molecule has 5 aromatic rings. The summed E-state index contributed by atoms with van der Waals surface area (Å²) in [5.41, 5.74) is 4.31. The van der Waals surface area contributed by atoms with E-state index in [1.807, 2.05) is 50.2 Å². The van der Waals surface area contributed by atoms with Crippen LogP contribution in [-0.4, -0.2) is 77.6 Å². The fraction of sp³-hybridized carbons (Fsp3) is 0.571. The summed E-state index contributed by atoms with van der Waals surface area (Å²) in [6, 6.07) is 11.3. The molecule has 4 heterocycles. The zero-order valence-electron chi connectivity index (χ0n) is 35.1. The molecular weight excluding hydrogens is 773 g/mol. The average molecular weight is 833 g/mol. The molecule has 0 radical (unpaired) electrons. The molecule has 57 heavy (non-hydrogen) atoms. The molecule has 0 N–H and O–H groups in total. The van der Waals surface area contributed by atoms with Gasteiger partial charge < -0.3 is 19.1 Å². The van der Waals surface area contributed by atoms with E-state index < -0.39 is 14.0 Å². The Morgan fingerprint density at radius 2 is 1.79 bits per heavy atom. The molecule has 0 atom stereocenters. The summed E-state index contributed by atoms with van der Waals surface area (Å²) in [5.74, 6) is 0.675. The van der Waals surface area contributed by atoms with Gasteiger partial charge in [0.05, 0.1) is 27.9 Å². The number of ether oxygens (including phenoxy) is 3. The lowest BCUT2D eigenvalue weighted by atomic mass is 9.73. The number of esters is 1. The van der Waals surface area contributed by atoms with Crippen LogP contribution in [0.1, 0.15) is 86.5 Å². The SMILES string of the molecule is CCOC(=O)c1nc(N(C)c2cc(C)c(/N=c3\sc4ccccc4n3COCC[Si](C)(C)C)nn2)sc1-c1cnn(CC2(CCCOC)CCCCCCC2)c1C. The lowest BCUT2D eigenvalue weighted by molar-refractivity contribution is 0.0521. The highest BCUT2D eigenvalue weighted by molar-refractivity contribution is 7.19. The fourth-order valence-corrected chi connectivity index (χ4v) is 10.4. The Morgan fingerprint density at radius 1 is 1.04 bits per heavy atom. The smallest absolute Gasteiger partial charge is 0.358 e. The number of aromatic nitrogens is 6. The van der Waals surface area contributed by atoms with Crippen LogP contribution < -0.4 is 9.70 Å². The topological polar surface area (TPSA) is 122 Å². The summed E-state index contributed by atoms with van der Waals surface area (Å²) in [5, 5.41) is 14.7. The number of thiazole rings is 2. The lowest BCUT2D eigenvalue weighted by Gasteiger charge is -2.36. The Bertz CT molecular complexity index is 2180. The summed E-state index contributed by atoms with van der Waals surface area (Å²) in [6.45, 7) is 16.0. The molecule has 0 aliphatic heterocycles. The van der Waals surface area contributed by atoms with Crippen molar-refractivity contribution in [3.63, 3.8) is 0 Å². The molecule has 15 heteroatoms. The van der Waals surface area contributed by atoms with Crippen molar-refractivity contribution in [2.24, 2.45) is 10.4 Å². The number of rotatable bonds is 17. The molecule has 4 aromatic heterocycles. The Hall–Kier alpha value is -3.76. The number of fused-ring (bicyclic) bond motifs is 1. The highest BCUT2D eigenvalue weighted by Gasteiger charge is 2.33. The Balaban J connectivity index is 1.28. The van der Waals surface area contributed by atoms with Crippen molar-refractivity contribution >= 4 is 63.7 Å². The van der Waals surface area contributed by atoms with E-state index in [0.29, 0.717) is 23.5 Å². The number of para-hydroxylation sites is 1. The van der Waals surface area contributed by atoms with Crippen LogP contribution in [0, 0.1) is 19.3 Å². The van der Waals surface area contributed by atoms with Gasteiger partial charge in [-0.25, -0.2) is 9.78 Å². The van der Waals surface area contributed by atoms with Gasteiger partial charge in [0.15, 0.2) is 27.3 Å². The van der Waals surface area contributed by atoms with E-state index in [1.165, 1.54) is 56.3 Å². The Morgan fingerprint density at radius 3 is 2.51 bits per heavy atom. The van der Waals surface area contributed by atoms with Gasteiger partial charge in [0.25, 0.3) is 0 Å². The summed E-state index contributed by atoms with van der Waals surface area (Å²) >= 11 is 3.04. The van der Waals surface area contributed by atoms with E-state index in [0.717, 1.165) is 75.4 Å². The maximum atomic E-state index is 13.4. The van der Waals surface area contributed by atoms with Crippen LogP contribution in [0.3, 0.4) is 0 Å². The highest BCUT2D eigenvalue weighted by Crippen LogP contribution is 2.42. The summed E-state index contributed by atoms with van der Waals surface area (Å²) < 4.78 is 22.6. The maximum absolute atomic E-state index is 13.4. The Labute approximate surface area is 346 Å². The summed E-state index contributed by atoms with van der Waals surface area (Å²) in [7, 11) is 2.46. The molecular formula is C42H60N8O4S2Si. The van der Waals surface area contributed by atoms with Gasteiger partial charge in [-0.05, 0) is 81.7 Å². The van der Waals surface area contributed by atoms with Crippen molar-refractivity contribution in [3.05, 3.63) is 58.3 Å². The Kier molecular flexibility index (Phi) is 14.5. The molecule has 6 rings (SSSR count). The zero-order valence-corrected chi connectivity index (χ0v) is 37.7. The van der Waals surface area contributed by atoms with Crippen LogP contribution in [0.25, 0.3) is 20.7 Å². The third kappa shape index (κ3) is 10.7. The van der Waals surface area contributed by atoms with Gasteiger partial charge >= 0.3 is 5.97 Å². The van der Waals surface area contributed by atoms with Crippen molar-refractivity contribution in [3.8, 4) is 10.4 Å². The molecule has 1 aliphatic carbocycles. The monoisotopic (exact) mass is 832 g/mol. The number of carbonyl (C=O) groups is 1. The fourth-order valence-electron chi connectivity index (χ4n) is 7.55. The van der Waals surface area contributed by atoms with Crippen molar-refractivity contribution in [2.45, 2.75) is 118 Å². The first-order valence-electron chi connectivity index (χ1n) is 20.4. The minimum Gasteiger partial charge on any atom is -0.461 e. The number of methoxy groups -OCH3 is 1. The average Bonchev–Trinajstić information content (AvgIpc) is 3.87. The minimum absolute atomic E-state index is 0.170. The van der Waals surface area contributed by atoms with Crippen LogP contribution in [0.15, 0.2) is 41.5 Å². The quantitative estimate of drug-likeness (QED) is 0.0512. The lowest BCUT2D eigenvalue weighted by Crippen LogP contribution is -2.29. The molecule has 308 valence electrons. The van der Waals surface area contributed by atoms with Gasteiger partial charge in [-0.2, -0.15) is 10.1 Å². The molecule has 1 aliphatic rings. The number of hydrogen-bond donors (Lipinski definition) is 0. The molecule has 0 saturated heterocycles. The van der Waals surface area contributed by atoms with Gasteiger partial charge in [0, 0.05) is 53.2 Å². The van der Waals surface area contributed by atoms with Crippen molar-refractivity contribution in [1.29, 1.82) is 0 Å². The van der Waals surface area contributed by atoms with Gasteiger partial charge in [-0.1, -0.05) is 86.6 Å². The van der Waals surface area contributed by atoms with E-state index in [1.54, 1.807) is 18.4 Å². The van der Waals surface area contributed by atoms with Crippen LogP contribution in [0.4, 0.5) is 16.8 Å². The largest absolute Gasteiger partial charge is 0.461 e. The zero-order chi connectivity index (χ0) is 40.6. The normalized spacial score (nSPS) is 15.2. The number of hydrogen-bond acceptors (Lipinski definition) is 12. The molecule has 0 amide bonds. The van der Waals surface area contributed by atoms with E-state index in [4.69, 9.17) is 29.3 Å². The number of anilines is 2. The summed E-state index contributed by atoms with van der Waals surface area (Å²) in [4.78, 5) is 26.7.